The van der Waals surface area contributed by atoms with Gasteiger partial charge in [0.1, 0.15) is 0 Å². The highest BCUT2D eigenvalue weighted by Crippen LogP contribution is 2.41. The van der Waals surface area contributed by atoms with Gasteiger partial charge in [0.2, 0.25) is 0 Å². The number of hydrogen-bond donors (Lipinski definition) is 0. The summed E-state index contributed by atoms with van der Waals surface area (Å²) in [4.78, 5) is 0. The second-order valence-corrected chi connectivity index (χ2v) is 6.28. The Labute approximate surface area is 104 Å². The van der Waals surface area contributed by atoms with Crippen molar-refractivity contribution in [3.05, 3.63) is 0 Å². The highest BCUT2D eigenvalue weighted by atomic mass is 16.6. The maximum Gasteiger partial charge on any atom is 0.0888 e. The summed E-state index contributed by atoms with van der Waals surface area (Å²) >= 11 is 0. The number of ether oxygens (including phenoxy) is 3. The van der Waals surface area contributed by atoms with Crippen LogP contribution in [0.3, 0.4) is 0 Å². The summed E-state index contributed by atoms with van der Waals surface area (Å²) in [6.45, 7) is 5.80. The van der Waals surface area contributed by atoms with Gasteiger partial charge in [0.05, 0.1) is 37.1 Å². The first-order chi connectivity index (χ1) is 8.15. The summed E-state index contributed by atoms with van der Waals surface area (Å²) in [5, 5.41) is 0. The summed E-state index contributed by atoms with van der Waals surface area (Å²) in [7, 11) is 0. The maximum absolute atomic E-state index is 5.87. The highest BCUT2D eigenvalue weighted by Gasteiger charge is 2.44. The molecule has 0 N–H and O–H groups in total. The molecule has 2 aliphatic heterocycles. The van der Waals surface area contributed by atoms with Gasteiger partial charge in [-0.15, -0.1) is 0 Å². The number of epoxide rings is 1. The van der Waals surface area contributed by atoms with Gasteiger partial charge in [0.25, 0.3) is 0 Å². The molecule has 98 valence electrons. The third kappa shape index (κ3) is 2.67. The van der Waals surface area contributed by atoms with Crippen LogP contribution < -0.4 is 0 Å². The summed E-state index contributed by atoms with van der Waals surface area (Å²) < 4.78 is 17.2. The molecule has 2 saturated heterocycles. The first-order valence-corrected chi connectivity index (χ1v) is 7.06. The normalized spacial score (nSPS) is 44.1. The Hall–Kier alpha value is -0.120. The fourth-order valence-electron chi connectivity index (χ4n) is 3.36. The topological polar surface area (TPSA) is 31.0 Å². The zero-order valence-electron chi connectivity index (χ0n) is 11.0. The van der Waals surface area contributed by atoms with E-state index in [0.29, 0.717) is 12.2 Å². The van der Waals surface area contributed by atoms with E-state index in [4.69, 9.17) is 14.2 Å². The molecule has 0 radical (unpaired) electrons. The minimum absolute atomic E-state index is 0.106. The minimum atomic E-state index is -0.106. The Morgan fingerprint density at radius 3 is 2.71 bits per heavy atom. The Morgan fingerprint density at radius 2 is 1.94 bits per heavy atom. The lowest BCUT2D eigenvalue weighted by molar-refractivity contribution is -0.189. The van der Waals surface area contributed by atoms with Crippen LogP contribution in [0.4, 0.5) is 0 Å². The number of fused-ring (bicyclic) bond motifs is 1. The van der Waals surface area contributed by atoms with E-state index >= 15 is 0 Å². The third-order valence-electron chi connectivity index (χ3n) is 4.60. The lowest BCUT2D eigenvalue weighted by Crippen LogP contribution is -2.46. The van der Waals surface area contributed by atoms with Gasteiger partial charge in [-0.2, -0.15) is 0 Å². The molecule has 3 heteroatoms. The SMILES string of the molecule is CC1(C)OCCOC1CCC1CCC2OC2C1. The van der Waals surface area contributed by atoms with Crippen molar-refractivity contribution in [3.8, 4) is 0 Å². The number of hydrogen-bond acceptors (Lipinski definition) is 3. The van der Waals surface area contributed by atoms with E-state index in [1.165, 1.54) is 25.7 Å². The Kier molecular flexibility index (Phi) is 3.18. The molecule has 0 amide bonds. The lowest BCUT2D eigenvalue weighted by Gasteiger charge is -2.39. The monoisotopic (exact) mass is 240 g/mol. The van der Waals surface area contributed by atoms with E-state index in [0.717, 1.165) is 25.6 Å². The average Bonchev–Trinajstić information content (AvgIpc) is 3.05. The van der Waals surface area contributed by atoms with Gasteiger partial charge in [-0.3, -0.25) is 0 Å². The van der Waals surface area contributed by atoms with Crippen LogP contribution in [-0.2, 0) is 14.2 Å². The van der Waals surface area contributed by atoms with Crippen molar-refractivity contribution in [1.82, 2.24) is 0 Å². The van der Waals surface area contributed by atoms with Crippen LogP contribution in [0, 0.1) is 5.92 Å². The van der Waals surface area contributed by atoms with Gasteiger partial charge in [-0.1, -0.05) is 0 Å². The van der Waals surface area contributed by atoms with E-state index < -0.39 is 0 Å². The predicted molar refractivity (Wildman–Crippen MR) is 65.0 cm³/mol. The molecular weight excluding hydrogens is 216 g/mol. The fourth-order valence-corrected chi connectivity index (χ4v) is 3.36. The van der Waals surface area contributed by atoms with Gasteiger partial charge in [0, 0.05) is 0 Å². The van der Waals surface area contributed by atoms with Crippen molar-refractivity contribution >= 4 is 0 Å². The number of rotatable bonds is 3. The van der Waals surface area contributed by atoms with Crippen molar-refractivity contribution in [2.75, 3.05) is 13.2 Å². The van der Waals surface area contributed by atoms with Crippen LogP contribution in [0.1, 0.15) is 46.0 Å². The van der Waals surface area contributed by atoms with Crippen LogP contribution in [0.5, 0.6) is 0 Å². The summed E-state index contributed by atoms with van der Waals surface area (Å²) in [5.41, 5.74) is -0.106. The van der Waals surface area contributed by atoms with Crippen molar-refractivity contribution in [1.29, 1.82) is 0 Å². The van der Waals surface area contributed by atoms with E-state index in [1.54, 1.807) is 0 Å². The molecule has 4 atom stereocenters. The van der Waals surface area contributed by atoms with Gasteiger partial charge >= 0.3 is 0 Å². The predicted octanol–water partition coefficient (Wildman–Crippen LogP) is 2.53. The first kappa shape index (κ1) is 11.9. The van der Waals surface area contributed by atoms with Crippen LogP contribution in [0.25, 0.3) is 0 Å². The molecule has 1 saturated carbocycles. The molecular formula is C14H24O3. The standard InChI is InChI=1S/C14H24O3/c1-14(2)13(15-7-8-16-14)6-4-10-3-5-11-12(9-10)17-11/h10-13H,3-9H2,1-2H3. The van der Waals surface area contributed by atoms with Crippen LogP contribution in [0.2, 0.25) is 0 Å². The zero-order valence-corrected chi connectivity index (χ0v) is 11.0. The Bertz CT molecular complexity index is 277. The molecule has 3 nitrogen and oxygen atoms in total. The van der Waals surface area contributed by atoms with Crippen LogP contribution in [-0.4, -0.2) is 37.1 Å². The van der Waals surface area contributed by atoms with E-state index in [9.17, 15) is 0 Å². The van der Waals surface area contributed by atoms with Crippen molar-refractivity contribution < 1.29 is 14.2 Å². The largest absolute Gasteiger partial charge is 0.373 e. The molecule has 3 aliphatic rings. The molecule has 2 heterocycles. The van der Waals surface area contributed by atoms with Crippen LogP contribution in [0.15, 0.2) is 0 Å². The Morgan fingerprint density at radius 1 is 1.06 bits per heavy atom. The molecule has 1 aliphatic carbocycles. The fraction of sp³-hybridized carbons (Fsp3) is 1.00. The van der Waals surface area contributed by atoms with Gasteiger partial charge < -0.3 is 14.2 Å². The second-order valence-electron chi connectivity index (χ2n) is 6.28. The molecule has 3 rings (SSSR count). The molecule has 0 bridgehead atoms. The summed E-state index contributed by atoms with van der Waals surface area (Å²) in [6, 6.07) is 0. The highest BCUT2D eigenvalue weighted by molar-refractivity contribution is 4.92. The molecule has 0 aromatic rings. The maximum atomic E-state index is 5.87. The molecule has 0 aromatic heterocycles. The minimum Gasteiger partial charge on any atom is -0.373 e. The van der Waals surface area contributed by atoms with Crippen molar-refractivity contribution in [2.24, 2.45) is 5.92 Å². The Balaban J connectivity index is 1.46. The molecule has 4 unspecified atom stereocenters. The van der Waals surface area contributed by atoms with E-state index in [1.807, 2.05) is 0 Å². The van der Waals surface area contributed by atoms with Gasteiger partial charge in [-0.05, 0) is 51.9 Å². The zero-order chi connectivity index (χ0) is 11.9. The van der Waals surface area contributed by atoms with Crippen molar-refractivity contribution in [3.63, 3.8) is 0 Å². The lowest BCUT2D eigenvalue weighted by atomic mass is 9.83. The average molecular weight is 240 g/mol. The third-order valence-corrected chi connectivity index (χ3v) is 4.60. The van der Waals surface area contributed by atoms with E-state index in [-0.39, 0.29) is 11.7 Å². The first-order valence-electron chi connectivity index (χ1n) is 7.06. The summed E-state index contributed by atoms with van der Waals surface area (Å²) in [6.07, 6.45) is 7.80. The smallest absolute Gasteiger partial charge is 0.0888 e. The quantitative estimate of drug-likeness (QED) is 0.710. The molecule has 3 fully saturated rings. The van der Waals surface area contributed by atoms with E-state index in [2.05, 4.69) is 13.8 Å². The molecule has 0 spiro atoms. The van der Waals surface area contributed by atoms with Crippen molar-refractivity contribution in [2.45, 2.75) is 69.9 Å². The molecule has 0 aromatic carbocycles. The molecule has 17 heavy (non-hydrogen) atoms. The van der Waals surface area contributed by atoms with Crippen LogP contribution >= 0.6 is 0 Å². The summed E-state index contributed by atoms with van der Waals surface area (Å²) in [5.74, 6) is 0.847. The van der Waals surface area contributed by atoms with Gasteiger partial charge in [0.15, 0.2) is 0 Å². The second kappa shape index (κ2) is 4.52. The van der Waals surface area contributed by atoms with Gasteiger partial charge in [-0.25, -0.2) is 0 Å².